The summed E-state index contributed by atoms with van der Waals surface area (Å²) in [7, 11) is 0. The molecule has 0 saturated carbocycles. The minimum atomic E-state index is 1.14. The van der Waals surface area contributed by atoms with Gasteiger partial charge in [0.15, 0.2) is 0 Å². The van der Waals surface area contributed by atoms with Gasteiger partial charge in [-0.05, 0) is 18.6 Å². The van der Waals surface area contributed by atoms with Crippen LogP contribution in [0.4, 0.5) is 0 Å². The van der Waals surface area contributed by atoms with E-state index < -0.39 is 0 Å². The van der Waals surface area contributed by atoms with E-state index in [0.717, 1.165) is 5.57 Å². The molecule has 0 heteroatoms. The van der Waals surface area contributed by atoms with Gasteiger partial charge in [-0.15, -0.1) is 0 Å². The Hall–Kier alpha value is -0.960. The maximum absolute atomic E-state index is 2.91. The van der Waals surface area contributed by atoms with Gasteiger partial charge in [0.2, 0.25) is 0 Å². The molecule has 0 radical (unpaired) electrons. The van der Waals surface area contributed by atoms with Gasteiger partial charge in [-0.3, -0.25) is 0 Å². The first-order chi connectivity index (χ1) is 3.39. The van der Waals surface area contributed by atoms with Crippen LogP contribution in [0, 0.1) is 0 Å². The first-order valence-electron chi connectivity index (χ1n) is 2.24. The summed E-state index contributed by atoms with van der Waals surface area (Å²) in [4.78, 5) is 0. The second kappa shape index (κ2) is 1.66. The summed E-state index contributed by atoms with van der Waals surface area (Å²) in [5, 5.41) is 0. The number of hydrogen-bond donors (Lipinski definition) is 0. The van der Waals surface area contributed by atoms with E-state index in [4.69, 9.17) is 0 Å². The van der Waals surface area contributed by atoms with Crippen LogP contribution in [-0.2, 0) is 0 Å². The largest absolute Gasteiger partial charge is 0.0700 e. The molecule has 1 aliphatic rings. The Balaban J connectivity index is 3.14. The summed E-state index contributed by atoms with van der Waals surface area (Å²) >= 11 is 0. The lowest BCUT2D eigenvalue weighted by Crippen LogP contribution is -1.62. The van der Waals surface area contributed by atoms with Crippen LogP contribution in [0.3, 0.4) is 0 Å². The van der Waals surface area contributed by atoms with E-state index >= 15 is 0 Å². The molecule has 0 atom stereocenters. The fraction of sp³-hybridized carbons (Fsp3) is 0.143. The van der Waals surface area contributed by atoms with Crippen LogP contribution in [0.1, 0.15) is 6.92 Å². The van der Waals surface area contributed by atoms with Crippen LogP contribution >= 0.6 is 0 Å². The smallest absolute Gasteiger partial charge is 0.000703 e. The van der Waals surface area contributed by atoms with Crippen LogP contribution < -0.4 is 0 Å². The Morgan fingerprint density at radius 1 is 1.57 bits per heavy atom. The third kappa shape index (κ3) is 0.940. The molecule has 0 fully saturated rings. The van der Waals surface area contributed by atoms with E-state index in [0.29, 0.717) is 0 Å². The van der Waals surface area contributed by atoms with E-state index in [2.05, 4.69) is 11.5 Å². The first kappa shape index (κ1) is 4.21. The van der Waals surface area contributed by atoms with Gasteiger partial charge in [0.1, 0.15) is 0 Å². The summed E-state index contributed by atoms with van der Waals surface area (Å²) in [6.45, 7) is 2.00. The van der Waals surface area contributed by atoms with Crippen molar-refractivity contribution in [1.82, 2.24) is 0 Å². The molecule has 0 N–H and O–H groups in total. The molecule has 0 nitrogen and oxygen atoms in total. The fourth-order valence-electron chi connectivity index (χ4n) is 0.438. The van der Waals surface area contributed by atoms with Gasteiger partial charge in [-0.2, -0.15) is 0 Å². The van der Waals surface area contributed by atoms with Crippen LogP contribution in [0.5, 0.6) is 0 Å². The highest BCUT2D eigenvalue weighted by Gasteiger charge is 1.75. The molecule has 0 bridgehead atoms. The lowest BCUT2D eigenvalue weighted by molar-refractivity contribution is 1.53. The molecule has 0 saturated heterocycles. The molecule has 1 rings (SSSR count). The Morgan fingerprint density at radius 2 is 2.43 bits per heavy atom. The Morgan fingerprint density at radius 3 is 2.71 bits per heavy atom. The highest BCUT2D eigenvalue weighted by atomic mass is 13.8. The minimum absolute atomic E-state index is 1.14. The minimum Gasteiger partial charge on any atom is -0.0700 e. The number of rotatable bonds is 0. The summed E-state index contributed by atoms with van der Waals surface area (Å²) in [5.41, 5.74) is 6.88. The van der Waals surface area contributed by atoms with Crippen molar-refractivity contribution in [3.8, 4) is 0 Å². The van der Waals surface area contributed by atoms with Gasteiger partial charge < -0.3 is 0 Å². The van der Waals surface area contributed by atoms with Crippen molar-refractivity contribution in [3.63, 3.8) is 0 Å². The van der Waals surface area contributed by atoms with Gasteiger partial charge in [-0.25, -0.2) is 0 Å². The van der Waals surface area contributed by atoms with Gasteiger partial charge in [0.25, 0.3) is 0 Å². The van der Waals surface area contributed by atoms with E-state index in [9.17, 15) is 0 Å². The predicted molar refractivity (Wildman–Crippen MR) is 29.9 cm³/mol. The summed E-state index contributed by atoms with van der Waals surface area (Å²) < 4.78 is 0. The maximum atomic E-state index is 2.91. The second-order valence-corrected chi connectivity index (χ2v) is 1.48. The van der Waals surface area contributed by atoms with Crippen molar-refractivity contribution in [2.45, 2.75) is 6.92 Å². The molecule has 0 aromatic rings. The van der Waals surface area contributed by atoms with E-state index in [-0.39, 0.29) is 0 Å². The molecular formula is C7H6. The van der Waals surface area contributed by atoms with Crippen molar-refractivity contribution in [2.75, 3.05) is 0 Å². The average molecular weight is 90.1 g/mol. The van der Waals surface area contributed by atoms with Gasteiger partial charge in [-0.1, -0.05) is 23.6 Å². The molecular weight excluding hydrogens is 84.1 g/mol. The highest BCUT2D eigenvalue weighted by molar-refractivity contribution is 5.23. The number of hydrogen-bond acceptors (Lipinski definition) is 0. The Labute approximate surface area is 43.2 Å². The van der Waals surface area contributed by atoms with Crippen LogP contribution in [0.15, 0.2) is 35.3 Å². The molecule has 0 aliphatic heterocycles. The van der Waals surface area contributed by atoms with Crippen LogP contribution in [-0.4, -0.2) is 0 Å². The second-order valence-electron chi connectivity index (χ2n) is 1.48. The van der Waals surface area contributed by atoms with E-state index in [1.807, 2.05) is 25.2 Å². The molecule has 1 aliphatic carbocycles. The van der Waals surface area contributed by atoms with Crippen LogP contribution in [0.2, 0.25) is 0 Å². The maximum Gasteiger partial charge on any atom is -0.000703 e. The topological polar surface area (TPSA) is 0 Å². The van der Waals surface area contributed by atoms with Gasteiger partial charge in [0, 0.05) is 0 Å². The molecule has 0 unspecified atom stereocenters. The van der Waals surface area contributed by atoms with Gasteiger partial charge >= 0.3 is 0 Å². The quantitative estimate of drug-likeness (QED) is 0.398. The molecule has 7 heavy (non-hydrogen) atoms. The van der Waals surface area contributed by atoms with Gasteiger partial charge in [0.05, 0.1) is 0 Å². The normalized spacial score (nSPS) is 14.7. The van der Waals surface area contributed by atoms with Crippen molar-refractivity contribution in [1.29, 1.82) is 0 Å². The SMILES string of the molecule is CC1=C=C=CC=C1. The van der Waals surface area contributed by atoms with Crippen molar-refractivity contribution in [3.05, 3.63) is 35.3 Å². The van der Waals surface area contributed by atoms with E-state index in [1.165, 1.54) is 0 Å². The molecule has 0 spiro atoms. The summed E-state index contributed by atoms with van der Waals surface area (Å²) in [6.07, 6.45) is 5.79. The Kier molecular flexibility index (Phi) is 0.997. The monoisotopic (exact) mass is 90.0 g/mol. The average Bonchev–Trinajstić information content (AvgIpc) is 1.69. The van der Waals surface area contributed by atoms with Crippen molar-refractivity contribution >= 4 is 0 Å². The fourth-order valence-corrected chi connectivity index (χ4v) is 0.438. The lowest BCUT2D eigenvalue weighted by atomic mass is 10.2. The standard InChI is InChI=1S/C7H6/c1-7-5-3-2-4-6-7/h2-3,5H,1H3. The molecule has 0 aromatic heterocycles. The summed E-state index contributed by atoms with van der Waals surface area (Å²) in [6, 6.07) is 0. The zero-order valence-corrected chi connectivity index (χ0v) is 4.23. The molecule has 0 amide bonds. The lowest BCUT2D eigenvalue weighted by Gasteiger charge is -1.81. The first-order valence-corrected chi connectivity index (χ1v) is 2.24. The molecule has 0 heterocycles. The molecule has 34 valence electrons. The summed E-state index contributed by atoms with van der Waals surface area (Å²) in [5.74, 6) is 0. The third-order valence-corrected chi connectivity index (χ3v) is 0.795. The highest BCUT2D eigenvalue weighted by Crippen LogP contribution is 1.93. The number of allylic oxidation sites excluding steroid dienone is 4. The predicted octanol–water partition coefficient (Wildman–Crippen LogP) is 1.81. The van der Waals surface area contributed by atoms with Crippen molar-refractivity contribution < 1.29 is 0 Å². The van der Waals surface area contributed by atoms with Crippen molar-refractivity contribution in [2.24, 2.45) is 0 Å². The molecule has 0 aromatic carbocycles. The van der Waals surface area contributed by atoms with E-state index in [1.54, 1.807) is 0 Å². The van der Waals surface area contributed by atoms with Crippen LogP contribution in [0.25, 0.3) is 0 Å². The third-order valence-electron chi connectivity index (χ3n) is 0.795. The zero-order chi connectivity index (χ0) is 5.11. The zero-order valence-electron chi connectivity index (χ0n) is 4.23. The Bertz CT molecular complexity index is 182.